The van der Waals surface area contributed by atoms with Gasteiger partial charge in [0.25, 0.3) is 0 Å². The average molecular weight is 360 g/mol. The van der Waals surface area contributed by atoms with Crippen molar-refractivity contribution in [3.8, 4) is 0 Å². The van der Waals surface area contributed by atoms with Gasteiger partial charge in [0, 0.05) is 23.7 Å². The maximum atomic E-state index is 10.5. The van der Waals surface area contributed by atoms with E-state index in [1.807, 2.05) is 31.2 Å². The lowest BCUT2D eigenvalue weighted by atomic mass is 9.92. The summed E-state index contributed by atoms with van der Waals surface area (Å²) in [5.74, 6) is 0. The van der Waals surface area contributed by atoms with Crippen LogP contribution in [0.4, 0.5) is 0 Å². The van der Waals surface area contributed by atoms with E-state index in [9.17, 15) is 10.2 Å². The second-order valence-electron chi connectivity index (χ2n) is 6.90. The molecule has 26 heavy (non-hydrogen) atoms. The van der Waals surface area contributed by atoms with Crippen molar-refractivity contribution in [3.63, 3.8) is 0 Å². The molecule has 0 saturated carbocycles. The highest BCUT2D eigenvalue weighted by Gasteiger charge is 2.48. The minimum absolute atomic E-state index is 0.350. The minimum Gasteiger partial charge on any atom is -0.388 e. The van der Waals surface area contributed by atoms with Crippen molar-refractivity contribution in [2.75, 3.05) is 6.61 Å². The highest BCUT2D eigenvalue weighted by atomic mass is 16.7. The first-order valence-electron chi connectivity index (χ1n) is 9.15. The Hall–Kier alpha value is -1.64. The quantitative estimate of drug-likeness (QED) is 0.846. The number of aromatic nitrogens is 2. The Kier molecular flexibility index (Phi) is 5.15. The molecule has 140 valence electrons. The fourth-order valence-corrected chi connectivity index (χ4v) is 3.60. The number of fused-ring (bicyclic) bond motifs is 2. The van der Waals surface area contributed by atoms with E-state index in [4.69, 9.17) is 14.2 Å². The van der Waals surface area contributed by atoms with Gasteiger partial charge < -0.3 is 24.4 Å². The van der Waals surface area contributed by atoms with Crippen LogP contribution in [0.1, 0.15) is 25.5 Å². The molecule has 2 aliphatic heterocycles. The number of aliphatic hydroxyl groups excluding tert-OH is 2. The maximum Gasteiger partial charge on any atom is 0.159 e. The van der Waals surface area contributed by atoms with Crippen molar-refractivity contribution in [1.29, 1.82) is 0 Å². The Bertz CT molecular complexity index is 756. The van der Waals surface area contributed by atoms with Crippen molar-refractivity contribution in [2.45, 2.75) is 63.0 Å². The second kappa shape index (κ2) is 7.54. The molecule has 0 aliphatic carbocycles. The van der Waals surface area contributed by atoms with Crippen molar-refractivity contribution < 1.29 is 24.4 Å². The summed E-state index contributed by atoms with van der Waals surface area (Å²) in [7, 11) is 0. The number of ether oxygens (including phenoxy) is 3. The number of nitrogens with zero attached hydrogens (tertiary/aromatic N) is 2. The van der Waals surface area contributed by atoms with E-state index in [0.29, 0.717) is 18.7 Å². The molecule has 0 amide bonds. The molecule has 0 unspecified atom stereocenters. The van der Waals surface area contributed by atoms with Crippen molar-refractivity contribution >= 4 is 11.0 Å². The maximum absolute atomic E-state index is 10.5. The first-order valence-corrected chi connectivity index (χ1v) is 9.15. The second-order valence-corrected chi connectivity index (χ2v) is 6.90. The van der Waals surface area contributed by atoms with Gasteiger partial charge in [-0.05, 0) is 30.7 Å². The summed E-state index contributed by atoms with van der Waals surface area (Å²) in [6.45, 7) is 2.39. The highest BCUT2D eigenvalue weighted by Crippen LogP contribution is 2.30. The minimum atomic E-state index is -1.04. The molecule has 7 heteroatoms. The monoisotopic (exact) mass is 360 g/mol. The van der Waals surface area contributed by atoms with Crippen LogP contribution in [0, 0.1) is 0 Å². The van der Waals surface area contributed by atoms with Gasteiger partial charge in [-0.25, -0.2) is 9.97 Å². The van der Waals surface area contributed by atoms with E-state index in [2.05, 4.69) is 9.97 Å². The van der Waals surface area contributed by atoms with E-state index in [-0.39, 0.29) is 6.29 Å². The van der Waals surface area contributed by atoms with Crippen molar-refractivity contribution in [3.05, 3.63) is 36.2 Å². The first kappa shape index (κ1) is 17.8. The van der Waals surface area contributed by atoms with Gasteiger partial charge in [0.15, 0.2) is 11.9 Å². The number of pyridine rings is 2. The summed E-state index contributed by atoms with van der Waals surface area (Å²) in [5, 5.41) is 22.0. The van der Waals surface area contributed by atoms with Crippen molar-refractivity contribution in [1.82, 2.24) is 9.97 Å². The first-order chi connectivity index (χ1) is 12.7. The Labute approximate surface area is 151 Å². The lowest BCUT2D eigenvalue weighted by molar-refractivity contribution is -0.325. The van der Waals surface area contributed by atoms with Gasteiger partial charge in [-0.15, -0.1) is 0 Å². The van der Waals surface area contributed by atoms with Crippen LogP contribution in [0.3, 0.4) is 0 Å². The predicted octanol–water partition coefficient (Wildman–Crippen LogP) is 1.20. The van der Waals surface area contributed by atoms with Gasteiger partial charge in [0.05, 0.1) is 12.7 Å². The van der Waals surface area contributed by atoms with E-state index < -0.39 is 30.5 Å². The molecule has 2 aromatic heterocycles. The molecule has 2 aromatic rings. The van der Waals surface area contributed by atoms with Crippen LogP contribution in [0.15, 0.2) is 30.5 Å². The zero-order valence-corrected chi connectivity index (χ0v) is 14.7. The zero-order valence-electron chi connectivity index (χ0n) is 14.7. The molecular formula is C19H24N2O5. The number of aliphatic hydroxyl groups is 2. The summed E-state index contributed by atoms with van der Waals surface area (Å²) in [5.41, 5.74) is 1.41. The molecule has 4 heterocycles. The Morgan fingerprint density at radius 3 is 2.88 bits per heavy atom. The van der Waals surface area contributed by atoms with Crippen LogP contribution in [-0.2, 0) is 20.6 Å². The molecule has 0 radical (unpaired) electrons. The Balaban J connectivity index is 1.47. The number of rotatable bonds is 4. The Morgan fingerprint density at radius 1 is 1.15 bits per heavy atom. The molecule has 2 saturated heterocycles. The predicted molar refractivity (Wildman–Crippen MR) is 93.4 cm³/mol. The third kappa shape index (κ3) is 3.45. The van der Waals surface area contributed by atoms with Crippen molar-refractivity contribution in [2.24, 2.45) is 0 Å². The van der Waals surface area contributed by atoms with Gasteiger partial charge in [-0.2, -0.15) is 0 Å². The molecule has 4 rings (SSSR count). The lowest BCUT2D eigenvalue weighted by Gasteiger charge is -2.46. The summed E-state index contributed by atoms with van der Waals surface area (Å²) in [6.07, 6.45) is -0.197. The van der Waals surface area contributed by atoms with E-state index >= 15 is 0 Å². The molecule has 7 nitrogen and oxygen atoms in total. The van der Waals surface area contributed by atoms with Crippen LogP contribution in [0.5, 0.6) is 0 Å². The molecular weight excluding hydrogens is 336 g/mol. The average Bonchev–Trinajstić information content (AvgIpc) is 2.66. The van der Waals surface area contributed by atoms with Gasteiger partial charge in [0.2, 0.25) is 0 Å². The van der Waals surface area contributed by atoms with Gasteiger partial charge in [-0.1, -0.05) is 13.3 Å². The fourth-order valence-electron chi connectivity index (χ4n) is 3.60. The summed E-state index contributed by atoms with van der Waals surface area (Å²) in [6, 6.07) is 7.65. The molecule has 0 bridgehead atoms. The third-order valence-electron chi connectivity index (χ3n) is 5.00. The molecule has 6 atom stereocenters. The molecule has 0 aromatic carbocycles. The molecule has 2 N–H and O–H groups in total. The highest BCUT2D eigenvalue weighted by molar-refractivity contribution is 5.74. The largest absolute Gasteiger partial charge is 0.388 e. The van der Waals surface area contributed by atoms with Crippen LogP contribution < -0.4 is 0 Å². The van der Waals surface area contributed by atoms with Gasteiger partial charge >= 0.3 is 0 Å². The van der Waals surface area contributed by atoms with Gasteiger partial charge in [0.1, 0.15) is 24.4 Å². The SMILES string of the molecule is CCC[C@H]1OC[C@H]2O[C@@H](Cc3ccc4cccnc4n3)[C@H](O)[C@@H](O)[C@@H]2O1. The standard InChI is InChI=1S/C19H24N2O5/c1-2-4-15-24-10-14-18(26-15)17(23)16(22)13(25-14)9-12-7-6-11-5-3-8-20-19(11)21-12/h3,5-8,13-18,22-23H,2,4,9-10H2,1H3/t13-,14+,15-,16-,17+,18+/m0/s1. The van der Waals surface area contributed by atoms with E-state index in [1.165, 1.54) is 0 Å². The van der Waals surface area contributed by atoms with Crippen LogP contribution in [0.25, 0.3) is 11.0 Å². The third-order valence-corrected chi connectivity index (χ3v) is 5.00. The summed E-state index contributed by atoms with van der Waals surface area (Å²) < 4.78 is 17.4. The fraction of sp³-hybridized carbons (Fsp3) is 0.579. The molecule has 2 fully saturated rings. The van der Waals surface area contributed by atoms with E-state index in [0.717, 1.165) is 23.9 Å². The zero-order chi connectivity index (χ0) is 18.1. The number of hydrogen-bond donors (Lipinski definition) is 2. The van der Waals surface area contributed by atoms with Crippen LogP contribution in [-0.4, -0.2) is 63.6 Å². The molecule has 2 aliphatic rings. The van der Waals surface area contributed by atoms with Crippen LogP contribution >= 0.6 is 0 Å². The van der Waals surface area contributed by atoms with Gasteiger partial charge in [-0.3, -0.25) is 0 Å². The summed E-state index contributed by atoms with van der Waals surface area (Å²) >= 11 is 0. The Morgan fingerprint density at radius 2 is 2.04 bits per heavy atom. The smallest absolute Gasteiger partial charge is 0.159 e. The lowest BCUT2D eigenvalue weighted by Crippen LogP contribution is -2.63. The molecule has 0 spiro atoms. The summed E-state index contributed by atoms with van der Waals surface area (Å²) in [4.78, 5) is 8.78. The van der Waals surface area contributed by atoms with E-state index in [1.54, 1.807) is 6.20 Å². The number of hydrogen-bond acceptors (Lipinski definition) is 7. The van der Waals surface area contributed by atoms with Crippen LogP contribution in [0.2, 0.25) is 0 Å². The normalized spacial score (nSPS) is 34.6. The topological polar surface area (TPSA) is 93.9 Å².